The number of nitrogens with two attached hydrogens (primary N) is 1. The molecule has 0 radical (unpaired) electrons. The fourth-order valence-corrected chi connectivity index (χ4v) is 5.08. The highest BCUT2D eigenvalue weighted by atomic mass is 32.2. The zero-order valence-electron chi connectivity index (χ0n) is 18.0. The molecule has 2 saturated heterocycles. The van der Waals surface area contributed by atoms with Crippen molar-refractivity contribution in [1.82, 2.24) is 19.7 Å². The van der Waals surface area contributed by atoms with Crippen LogP contribution < -0.4 is 10.6 Å². The molecule has 0 aliphatic carbocycles. The van der Waals surface area contributed by atoms with Crippen molar-refractivity contribution >= 4 is 29.5 Å². The number of anilines is 1. The average molecular weight is 443 g/mol. The maximum Gasteiger partial charge on any atom is 0.233 e. The standard InChI is InChI=1S/C22H30N6O2S/c1-16-7-9-18(10-8-16)28-21(26-11-3-2-4-12-26)24-25-22(28)31-15-19(29)27-13-5-6-17(14-27)20(23)30/h7-10,17H,2-6,11-15H2,1H3,(H2,23,30). The molecule has 4 rings (SSSR count). The van der Waals surface area contributed by atoms with E-state index < -0.39 is 0 Å². The Balaban J connectivity index is 1.52. The molecule has 166 valence electrons. The summed E-state index contributed by atoms with van der Waals surface area (Å²) in [5.74, 6) is 0.536. The summed E-state index contributed by atoms with van der Waals surface area (Å²) in [6.07, 6.45) is 5.11. The van der Waals surface area contributed by atoms with E-state index in [0.29, 0.717) is 18.2 Å². The molecule has 2 N–H and O–H groups in total. The van der Waals surface area contributed by atoms with Crippen LogP contribution in [-0.2, 0) is 9.59 Å². The van der Waals surface area contributed by atoms with E-state index in [-0.39, 0.29) is 23.5 Å². The first kappa shape index (κ1) is 21.7. The molecule has 3 heterocycles. The first-order valence-electron chi connectivity index (χ1n) is 11.0. The second kappa shape index (κ2) is 9.72. The zero-order chi connectivity index (χ0) is 21.8. The minimum atomic E-state index is -0.324. The molecular formula is C22H30N6O2S. The largest absolute Gasteiger partial charge is 0.369 e. The second-order valence-electron chi connectivity index (χ2n) is 8.37. The van der Waals surface area contributed by atoms with Crippen LogP contribution in [0.4, 0.5) is 5.95 Å². The summed E-state index contributed by atoms with van der Waals surface area (Å²) in [6.45, 7) is 5.09. The van der Waals surface area contributed by atoms with E-state index in [4.69, 9.17) is 5.73 Å². The van der Waals surface area contributed by atoms with Crippen molar-refractivity contribution in [2.45, 2.75) is 44.2 Å². The smallest absolute Gasteiger partial charge is 0.233 e. The molecule has 9 heteroatoms. The lowest BCUT2D eigenvalue weighted by molar-refractivity contribution is -0.132. The topological polar surface area (TPSA) is 97.4 Å². The van der Waals surface area contributed by atoms with Gasteiger partial charge in [0.05, 0.1) is 17.4 Å². The Bertz CT molecular complexity index is 923. The first-order chi connectivity index (χ1) is 15.0. The van der Waals surface area contributed by atoms with Crippen molar-refractivity contribution in [2.75, 3.05) is 36.8 Å². The average Bonchev–Trinajstić information content (AvgIpc) is 3.22. The number of carbonyl (C=O) groups excluding carboxylic acids is 2. The number of rotatable bonds is 6. The molecule has 2 aliphatic heterocycles. The highest BCUT2D eigenvalue weighted by molar-refractivity contribution is 7.99. The van der Waals surface area contributed by atoms with Crippen LogP contribution >= 0.6 is 11.8 Å². The number of hydrogen-bond donors (Lipinski definition) is 1. The van der Waals surface area contributed by atoms with Crippen molar-refractivity contribution in [3.8, 4) is 5.69 Å². The third-order valence-electron chi connectivity index (χ3n) is 6.05. The highest BCUT2D eigenvalue weighted by Gasteiger charge is 2.28. The van der Waals surface area contributed by atoms with Gasteiger partial charge in [-0.1, -0.05) is 29.5 Å². The van der Waals surface area contributed by atoms with Gasteiger partial charge in [-0.05, 0) is 51.2 Å². The number of likely N-dealkylation sites (tertiary alicyclic amines) is 1. The number of carbonyl (C=O) groups is 2. The van der Waals surface area contributed by atoms with Crippen LogP contribution in [0.2, 0.25) is 0 Å². The Morgan fingerprint density at radius 2 is 1.81 bits per heavy atom. The van der Waals surface area contributed by atoms with Gasteiger partial charge in [-0.2, -0.15) is 0 Å². The van der Waals surface area contributed by atoms with Gasteiger partial charge in [0.15, 0.2) is 5.16 Å². The van der Waals surface area contributed by atoms with Gasteiger partial charge < -0.3 is 15.5 Å². The number of hydrogen-bond acceptors (Lipinski definition) is 6. The summed E-state index contributed by atoms with van der Waals surface area (Å²) in [5, 5.41) is 9.65. The Morgan fingerprint density at radius 3 is 2.52 bits per heavy atom. The van der Waals surface area contributed by atoms with Gasteiger partial charge in [0.2, 0.25) is 17.8 Å². The quantitative estimate of drug-likeness (QED) is 0.690. The van der Waals surface area contributed by atoms with Crippen LogP contribution in [0.5, 0.6) is 0 Å². The Morgan fingerprint density at radius 1 is 1.06 bits per heavy atom. The second-order valence-corrected chi connectivity index (χ2v) is 9.31. The molecule has 1 atom stereocenters. The molecular weight excluding hydrogens is 412 g/mol. The molecule has 2 amide bonds. The minimum absolute atomic E-state index is 0.00827. The van der Waals surface area contributed by atoms with E-state index in [9.17, 15) is 9.59 Å². The minimum Gasteiger partial charge on any atom is -0.369 e. The van der Waals surface area contributed by atoms with Crippen LogP contribution in [0.3, 0.4) is 0 Å². The summed E-state index contributed by atoms with van der Waals surface area (Å²) < 4.78 is 2.06. The van der Waals surface area contributed by atoms with Crippen molar-refractivity contribution in [3.05, 3.63) is 29.8 Å². The van der Waals surface area contributed by atoms with Gasteiger partial charge in [0.1, 0.15) is 0 Å². The number of thioether (sulfide) groups is 1. The third-order valence-corrected chi connectivity index (χ3v) is 6.96. The number of aromatic nitrogens is 3. The normalized spacial score (nSPS) is 19.5. The van der Waals surface area contributed by atoms with Gasteiger partial charge in [-0.25, -0.2) is 0 Å². The van der Waals surface area contributed by atoms with Crippen molar-refractivity contribution in [3.63, 3.8) is 0 Å². The van der Waals surface area contributed by atoms with Crippen molar-refractivity contribution < 1.29 is 9.59 Å². The van der Waals surface area contributed by atoms with Gasteiger partial charge in [-0.3, -0.25) is 14.2 Å². The lowest BCUT2D eigenvalue weighted by Crippen LogP contribution is -2.44. The maximum atomic E-state index is 12.8. The summed E-state index contributed by atoms with van der Waals surface area (Å²) in [6, 6.07) is 8.29. The molecule has 2 aliphatic rings. The van der Waals surface area contributed by atoms with E-state index in [1.54, 1.807) is 4.90 Å². The molecule has 0 saturated carbocycles. The van der Waals surface area contributed by atoms with Crippen LogP contribution in [0, 0.1) is 12.8 Å². The Labute approximate surface area is 187 Å². The van der Waals surface area contributed by atoms with Crippen LogP contribution in [0.25, 0.3) is 5.69 Å². The molecule has 31 heavy (non-hydrogen) atoms. The molecule has 0 spiro atoms. The molecule has 0 bridgehead atoms. The van der Waals surface area contributed by atoms with Crippen molar-refractivity contribution in [1.29, 1.82) is 0 Å². The van der Waals surface area contributed by atoms with Crippen LogP contribution in [-0.4, -0.2) is 63.4 Å². The first-order valence-corrected chi connectivity index (χ1v) is 12.0. The number of benzene rings is 1. The number of primary amides is 1. The maximum absolute atomic E-state index is 12.8. The van der Waals surface area contributed by atoms with Gasteiger partial charge in [0, 0.05) is 26.2 Å². The fourth-order valence-electron chi connectivity index (χ4n) is 4.23. The Kier molecular flexibility index (Phi) is 6.80. The molecule has 1 aromatic carbocycles. The molecule has 2 fully saturated rings. The van der Waals surface area contributed by atoms with E-state index in [0.717, 1.165) is 50.4 Å². The van der Waals surface area contributed by atoms with Crippen LogP contribution in [0.1, 0.15) is 37.7 Å². The fraction of sp³-hybridized carbons (Fsp3) is 0.545. The molecule has 1 aromatic heterocycles. The lowest BCUT2D eigenvalue weighted by Gasteiger charge is -2.31. The van der Waals surface area contributed by atoms with Crippen LogP contribution in [0.15, 0.2) is 29.4 Å². The zero-order valence-corrected chi connectivity index (χ0v) is 18.8. The monoisotopic (exact) mass is 442 g/mol. The molecule has 8 nitrogen and oxygen atoms in total. The number of piperidine rings is 2. The van der Waals surface area contributed by atoms with E-state index >= 15 is 0 Å². The van der Waals surface area contributed by atoms with Gasteiger partial charge in [0.25, 0.3) is 0 Å². The summed E-state index contributed by atoms with van der Waals surface area (Å²) >= 11 is 1.40. The summed E-state index contributed by atoms with van der Waals surface area (Å²) in [5.41, 5.74) is 7.64. The molecule has 1 unspecified atom stereocenters. The SMILES string of the molecule is Cc1ccc(-n2c(SCC(=O)N3CCCC(C(N)=O)C3)nnc2N2CCCCC2)cc1. The predicted molar refractivity (Wildman–Crippen MR) is 121 cm³/mol. The van der Waals surface area contributed by atoms with E-state index in [2.05, 4.69) is 50.9 Å². The van der Waals surface area contributed by atoms with E-state index in [1.165, 1.54) is 23.7 Å². The predicted octanol–water partition coefficient (Wildman–Crippen LogP) is 2.38. The lowest BCUT2D eigenvalue weighted by atomic mass is 9.97. The number of amides is 2. The summed E-state index contributed by atoms with van der Waals surface area (Å²) in [7, 11) is 0. The van der Waals surface area contributed by atoms with E-state index in [1.807, 2.05) is 0 Å². The highest BCUT2D eigenvalue weighted by Crippen LogP contribution is 2.29. The third kappa shape index (κ3) is 5.03. The molecule has 2 aromatic rings. The number of aryl methyl sites for hydroxylation is 1. The van der Waals surface area contributed by atoms with Crippen molar-refractivity contribution in [2.24, 2.45) is 11.7 Å². The van der Waals surface area contributed by atoms with Gasteiger partial charge >= 0.3 is 0 Å². The summed E-state index contributed by atoms with van der Waals surface area (Å²) in [4.78, 5) is 28.4. The van der Waals surface area contributed by atoms with Gasteiger partial charge in [-0.15, -0.1) is 10.2 Å². The number of nitrogens with zero attached hydrogens (tertiary/aromatic N) is 5. The Hall–Kier alpha value is -2.55.